The first-order valence-electron chi connectivity index (χ1n) is 11.1. The zero-order chi connectivity index (χ0) is 22.9. The predicted octanol–water partition coefficient (Wildman–Crippen LogP) is 4.25. The monoisotopic (exact) mass is 446 g/mol. The SMILES string of the molecule is COc1ccc(O[C@H]2C(=O)N(Cc3cccc(N4CCCC4=O)c3)[C@@H]2c2ccc(C)o2)cc1. The average Bonchev–Trinajstić information content (AvgIpc) is 3.46. The van der Waals surface area contributed by atoms with Crippen LogP contribution < -0.4 is 14.4 Å². The summed E-state index contributed by atoms with van der Waals surface area (Å²) in [6.45, 7) is 3.02. The molecule has 0 bridgehead atoms. The molecule has 2 fully saturated rings. The van der Waals surface area contributed by atoms with E-state index in [9.17, 15) is 9.59 Å². The van der Waals surface area contributed by atoms with E-state index >= 15 is 0 Å². The number of ether oxygens (including phenoxy) is 2. The van der Waals surface area contributed by atoms with Crippen LogP contribution in [0.4, 0.5) is 5.69 Å². The van der Waals surface area contributed by atoms with Gasteiger partial charge in [0, 0.05) is 25.2 Å². The van der Waals surface area contributed by atoms with Crippen molar-refractivity contribution in [3.63, 3.8) is 0 Å². The summed E-state index contributed by atoms with van der Waals surface area (Å²) < 4.78 is 17.1. The number of aryl methyl sites for hydroxylation is 1. The minimum absolute atomic E-state index is 0.104. The first kappa shape index (κ1) is 21.1. The molecule has 3 heterocycles. The van der Waals surface area contributed by atoms with Crippen molar-refractivity contribution in [3.8, 4) is 11.5 Å². The van der Waals surface area contributed by atoms with Crippen molar-refractivity contribution in [3.05, 3.63) is 77.7 Å². The van der Waals surface area contributed by atoms with E-state index in [2.05, 4.69) is 0 Å². The van der Waals surface area contributed by atoms with Crippen molar-refractivity contribution in [2.75, 3.05) is 18.6 Å². The van der Waals surface area contributed by atoms with Gasteiger partial charge in [0.05, 0.1) is 7.11 Å². The number of benzene rings is 2. The lowest BCUT2D eigenvalue weighted by molar-refractivity contribution is -0.167. The summed E-state index contributed by atoms with van der Waals surface area (Å²) in [5, 5.41) is 0. The third-order valence-corrected chi connectivity index (χ3v) is 6.17. The van der Waals surface area contributed by atoms with Gasteiger partial charge in [-0.15, -0.1) is 0 Å². The van der Waals surface area contributed by atoms with Gasteiger partial charge < -0.3 is 23.7 Å². The third-order valence-electron chi connectivity index (χ3n) is 6.17. The first-order valence-corrected chi connectivity index (χ1v) is 11.1. The number of furan rings is 1. The van der Waals surface area contributed by atoms with Crippen LogP contribution in [0.2, 0.25) is 0 Å². The second kappa shape index (κ2) is 8.65. The van der Waals surface area contributed by atoms with E-state index in [-0.39, 0.29) is 17.9 Å². The lowest BCUT2D eigenvalue weighted by Gasteiger charge is -2.45. The molecule has 3 aromatic rings. The van der Waals surface area contributed by atoms with Crippen molar-refractivity contribution >= 4 is 17.5 Å². The molecule has 0 saturated carbocycles. The lowest BCUT2D eigenvalue weighted by atomic mass is 9.94. The Morgan fingerprint density at radius 1 is 1.03 bits per heavy atom. The zero-order valence-corrected chi connectivity index (χ0v) is 18.7. The van der Waals surface area contributed by atoms with Crippen molar-refractivity contribution in [1.29, 1.82) is 0 Å². The van der Waals surface area contributed by atoms with Crippen LogP contribution >= 0.6 is 0 Å². The highest BCUT2D eigenvalue weighted by molar-refractivity contribution is 5.95. The van der Waals surface area contributed by atoms with Gasteiger partial charge in [-0.25, -0.2) is 0 Å². The smallest absolute Gasteiger partial charge is 0.267 e. The van der Waals surface area contributed by atoms with Gasteiger partial charge in [-0.05, 0) is 67.4 Å². The highest BCUT2D eigenvalue weighted by Crippen LogP contribution is 2.40. The van der Waals surface area contributed by atoms with Gasteiger partial charge in [0.15, 0.2) is 0 Å². The zero-order valence-electron chi connectivity index (χ0n) is 18.7. The molecular weight excluding hydrogens is 420 g/mol. The summed E-state index contributed by atoms with van der Waals surface area (Å²) >= 11 is 0. The molecule has 0 unspecified atom stereocenters. The Labute approximate surface area is 192 Å². The van der Waals surface area contributed by atoms with Gasteiger partial charge in [-0.3, -0.25) is 9.59 Å². The summed E-state index contributed by atoms with van der Waals surface area (Å²) in [6, 6.07) is 18.4. The number of methoxy groups -OCH3 is 1. The van der Waals surface area contributed by atoms with Crippen LogP contribution in [0.3, 0.4) is 0 Å². The molecule has 2 aromatic carbocycles. The number of hydrogen-bond donors (Lipinski definition) is 0. The van der Waals surface area contributed by atoms with Gasteiger partial charge in [-0.1, -0.05) is 12.1 Å². The van der Waals surface area contributed by atoms with E-state index in [1.54, 1.807) is 36.3 Å². The number of rotatable bonds is 7. The Balaban J connectivity index is 1.37. The molecule has 0 aliphatic carbocycles. The highest BCUT2D eigenvalue weighted by atomic mass is 16.5. The van der Waals surface area contributed by atoms with E-state index in [1.165, 1.54) is 0 Å². The number of likely N-dealkylation sites (tertiary alicyclic amines) is 1. The molecule has 7 heteroatoms. The maximum Gasteiger partial charge on any atom is 0.267 e. The molecule has 2 atom stereocenters. The van der Waals surface area contributed by atoms with Gasteiger partial charge in [0.1, 0.15) is 29.1 Å². The average molecular weight is 447 g/mol. The summed E-state index contributed by atoms with van der Waals surface area (Å²) in [5.74, 6) is 2.82. The summed E-state index contributed by atoms with van der Waals surface area (Å²) in [6.07, 6.45) is 0.782. The van der Waals surface area contributed by atoms with Gasteiger partial charge in [0.2, 0.25) is 12.0 Å². The summed E-state index contributed by atoms with van der Waals surface area (Å²) in [5.41, 5.74) is 1.83. The standard InChI is InChI=1S/C26H26N2O5/c1-17-8-13-22(32-17)24-25(33-21-11-9-20(31-2)10-12-21)26(30)28(24)16-18-5-3-6-19(15-18)27-14-4-7-23(27)29/h3,5-6,8-13,15,24-25H,4,7,14,16H2,1-2H3/t24-,25-/m1/s1. The Morgan fingerprint density at radius 2 is 1.82 bits per heavy atom. The Bertz CT molecular complexity index is 1170. The molecule has 33 heavy (non-hydrogen) atoms. The molecule has 1 aromatic heterocycles. The molecule has 5 rings (SSSR count). The van der Waals surface area contributed by atoms with Crippen LogP contribution in [0.25, 0.3) is 0 Å². The van der Waals surface area contributed by atoms with E-state index in [0.29, 0.717) is 24.5 Å². The molecule has 2 aliphatic heterocycles. The minimum Gasteiger partial charge on any atom is -0.497 e. The van der Waals surface area contributed by atoms with Crippen LogP contribution in [-0.4, -0.2) is 36.5 Å². The number of anilines is 1. The molecule has 2 saturated heterocycles. The number of hydrogen-bond acceptors (Lipinski definition) is 5. The number of nitrogens with zero attached hydrogens (tertiary/aromatic N) is 2. The largest absolute Gasteiger partial charge is 0.497 e. The van der Waals surface area contributed by atoms with Crippen LogP contribution in [0.15, 0.2) is 65.1 Å². The number of amides is 2. The van der Waals surface area contributed by atoms with E-state index in [4.69, 9.17) is 13.9 Å². The van der Waals surface area contributed by atoms with Crippen LogP contribution in [0.5, 0.6) is 11.5 Å². The topological polar surface area (TPSA) is 72.2 Å². The maximum absolute atomic E-state index is 13.1. The molecule has 0 N–H and O–H groups in total. The summed E-state index contributed by atoms with van der Waals surface area (Å²) in [4.78, 5) is 28.9. The highest BCUT2D eigenvalue weighted by Gasteiger charge is 2.51. The van der Waals surface area contributed by atoms with Crippen molar-refractivity contribution < 1.29 is 23.5 Å². The van der Waals surface area contributed by atoms with E-state index < -0.39 is 6.10 Å². The molecule has 0 radical (unpaired) electrons. The normalized spacial score (nSPS) is 20.2. The number of carbonyl (C=O) groups is 2. The van der Waals surface area contributed by atoms with Crippen LogP contribution in [0, 0.1) is 6.92 Å². The van der Waals surface area contributed by atoms with E-state index in [0.717, 1.165) is 35.7 Å². The molecule has 2 amide bonds. The first-order chi connectivity index (χ1) is 16.0. The van der Waals surface area contributed by atoms with Crippen LogP contribution in [-0.2, 0) is 16.1 Å². The number of β-lactam (4-membered cyclic amide) rings is 1. The third kappa shape index (κ3) is 4.06. The lowest BCUT2D eigenvalue weighted by Crippen LogP contribution is -2.60. The fraction of sp³-hybridized carbons (Fsp3) is 0.308. The second-order valence-corrected chi connectivity index (χ2v) is 8.39. The van der Waals surface area contributed by atoms with Gasteiger partial charge in [0.25, 0.3) is 5.91 Å². The Hall–Kier alpha value is -3.74. The Morgan fingerprint density at radius 3 is 2.48 bits per heavy atom. The molecule has 7 nitrogen and oxygen atoms in total. The molecular formula is C26H26N2O5. The second-order valence-electron chi connectivity index (χ2n) is 8.39. The fourth-order valence-corrected chi connectivity index (χ4v) is 4.46. The maximum atomic E-state index is 13.1. The van der Waals surface area contributed by atoms with Crippen molar-refractivity contribution in [2.24, 2.45) is 0 Å². The molecule has 0 spiro atoms. The van der Waals surface area contributed by atoms with Crippen molar-refractivity contribution in [2.45, 2.75) is 38.5 Å². The predicted molar refractivity (Wildman–Crippen MR) is 122 cm³/mol. The Kier molecular flexibility index (Phi) is 5.54. The minimum atomic E-state index is -0.674. The van der Waals surface area contributed by atoms with Crippen LogP contribution in [0.1, 0.15) is 36.0 Å². The molecule has 2 aliphatic rings. The summed E-state index contributed by atoms with van der Waals surface area (Å²) in [7, 11) is 1.60. The number of carbonyl (C=O) groups excluding carboxylic acids is 2. The van der Waals surface area contributed by atoms with E-state index in [1.807, 2.05) is 48.2 Å². The quantitative estimate of drug-likeness (QED) is 0.507. The van der Waals surface area contributed by atoms with Gasteiger partial charge in [-0.2, -0.15) is 0 Å². The molecule has 170 valence electrons. The fourth-order valence-electron chi connectivity index (χ4n) is 4.46. The van der Waals surface area contributed by atoms with Crippen molar-refractivity contribution in [1.82, 2.24) is 4.90 Å². The van der Waals surface area contributed by atoms with Gasteiger partial charge >= 0.3 is 0 Å².